The molecule has 1 atom stereocenters. The van der Waals surface area contributed by atoms with Crippen molar-refractivity contribution in [2.75, 3.05) is 19.7 Å². The van der Waals surface area contributed by atoms with E-state index in [-0.39, 0.29) is 23.8 Å². The zero-order valence-corrected chi connectivity index (χ0v) is 17.0. The van der Waals surface area contributed by atoms with E-state index in [0.717, 1.165) is 30.8 Å². The summed E-state index contributed by atoms with van der Waals surface area (Å²) >= 11 is 3.19. The Kier molecular flexibility index (Phi) is 5.16. The summed E-state index contributed by atoms with van der Waals surface area (Å²) in [5.41, 5.74) is 0. The third-order valence-corrected chi connectivity index (χ3v) is 7.07. The molecule has 9 heteroatoms. The van der Waals surface area contributed by atoms with E-state index in [4.69, 9.17) is 4.74 Å². The number of fused-ring (bicyclic) bond motifs is 1. The maximum atomic E-state index is 12.1. The van der Waals surface area contributed by atoms with Gasteiger partial charge in [0, 0.05) is 12.8 Å². The van der Waals surface area contributed by atoms with Crippen LogP contribution in [-0.2, 0) is 9.53 Å². The molecule has 0 radical (unpaired) electrons. The van der Waals surface area contributed by atoms with E-state index in [1.165, 1.54) is 25.6 Å². The Morgan fingerprint density at radius 1 is 1.48 bits per heavy atom. The molecule has 7 nitrogen and oxygen atoms in total. The fourth-order valence-electron chi connectivity index (χ4n) is 3.78. The van der Waals surface area contributed by atoms with Crippen LogP contribution < -0.4 is 4.90 Å². The number of ether oxygens (including phenoxy) is 1. The second kappa shape index (κ2) is 7.57. The van der Waals surface area contributed by atoms with E-state index in [9.17, 15) is 9.90 Å². The van der Waals surface area contributed by atoms with E-state index in [1.54, 1.807) is 11.3 Å². The molecule has 1 aliphatic rings. The summed E-state index contributed by atoms with van der Waals surface area (Å²) in [6.07, 6.45) is 1.60. The van der Waals surface area contributed by atoms with Gasteiger partial charge in [-0.1, -0.05) is 17.4 Å². The number of hydrogen-bond acceptors (Lipinski definition) is 7. The molecule has 1 saturated heterocycles. The first-order valence-corrected chi connectivity index (χ1v) is 10.9. The molecule has 0 amide bonds. The number of esters is 1. The topological polar surface area (TPSA) is 81.2 Å². The van der Waals surface area contributed by atoms with Crippen molar-refractivity contribution in [2.24, 2.45) is 5.92 Å². The van der Waals surface area contributed by atoms with Crippen molar-refractivity contribution < 1.29 is 19.5 Å². The highest BCUT2D eigenvalue weighted by molar-refractivity contribution is 7.17. The standard InChI is InChI=1S/C18H22N4O3S2/c1-3-25-17(24)12-6-8-21(9-7-12)14(13-5-4-10-26-13)15-16(23)22-18(27-15)19-11(2)20-22/h4-5,10,12,14,23H,3,6-9H2,1-2H3/p+1/t14-/m0/s1. The fraction of sp³-hybridized carbons (Fsp3) is 0.500. The first kappa shape index (κ1) is 18.4. The molecule has 0 saturated carbocycles. The quantitative estimate of drug-likeness (QED) is 0.631. The molecule has 4 heterocycles. The molecule has 3 aromatic heterocycles. The zero-order chi connectivity index (χ0) is 19.0. The molecule has 0 unspecified atom stereocenters. The van der Waals surface area contributed by atoms with Gasteiger partial charge in [0.05, 0.1) is 30.5 Å². The first-order valence-electron chi connectivity index (χ1n) is 9.18. The van der Waals surface area contributed by atoms with E-state index < -0.39 is 0 Å². The van der Waals surface area contributed by atoms with Gasteiger partial charge in [-0.3, -0.25) is 4.79 Å². The normalized spacial score (nSPS) is 21.4. The third kappa shape index (κ3) is 3.46. The number of hydrogen-bond donors (Lipinski definition) is 2. The number of carbonyl (C=O) groups excluding carboxylic acids is 1. The summed E-state index contributed by atoms with van der Waals surface area (Å²) in [5, 5.41) is 17.2. The lowest BCUT2D eigenvalue weighted by Crippen LogP contribution is -3.13. The van der Waals surface area contributed by atoms with E-state index in [1.807, 2.05) is 19.9 Å². The van der Waals surface area contributed by atoms with Gasteiger partial charge in [-0.2, -0.15) is 4.52 Å². The van der Waals surface area contributed by atoms with Gasteiger partial charge in [0.1, 0.15) is 10.7 Å². The van der Waals surface area contributed by atoms with Crippen LogP contribution >= 0.6 is 22.7 Å². The van der Waals surface area contributed by atoms with E-state index in [2.05, 4.69) is 21.5 Å². The average molecular weight is 408 g/mol. The third-order valence-electron chi connectivity index (χ3n) is 5.05. The molecular formula is C18H23N4O3S2+. The summed E-state index contributed by atoms with van der Waals surface area (Å²) in [6.45, 7) is 5.81. The van der Waals surface area contributed by atoms with Crippen molar-refractivity contribution in [3.8, 4) is 5.88 Å². The minimum Gasteiger partial charge on any atom is -0.492 e. The van der Waals surface area contributed by atoms with Crippen molar-refractivity contribution in [2.45, 2.75) is 32.7 Å². The van der Waals surface area contributed by atoms with Crippen molar-refractivity contribution in [1.29, 1.82) is 0 Å². The number of nitrogens with one attached hydrogen (secondary N) is 1. The van der Waals surface area contributed by atoms with Crippen LogP contribution in [0.5, 0.6) is 5.88 Å². The van der Waals surface area contributed by atoms with Crippen molar-refractivity contribution in [3.05, 3.63) is 33.1 Å². The van der Waals surface area contributed by atoms with Gasteiger partial charge in [-0.25, -0.2) is 4.98 Å². The number of nitrogens with zero attached hydrogens (tertiary/aromatic N) is 3. The van der Waals surface area contributed by atoms with Crippen LogP contribution in [0.15, 0.2) is 17.5 Å². The highest BCUT2D eigenvalue weighted by atomic mass is 32.1. The first-order chi connectivity index (χ1) is 13.1. The monoisotopic (exact) mass is 407 g/mol. The van der Waals surface area contributed by atoms with Crippen molar-refractivity contribution in [1.82, 2.24) is 14.6 Å². The average Bonchev–Trinajstić information content (AvgIpc) is 3.36. The SMILES string of the molecule is CCOC(=O)C1CC[NH+]([C@@H](c2cccs2)c2sc3nc(C)nn3c2O)CC1. The van der Waals surface area contributed by atoms with Gasteiger partial charge in [0.2, 0.25) is 10.8 Å². The van der Waals surface area contributed by atoms with Crippen LogP contribution in [-0.4, -0.2) is 45.4 Å². The number of aromatic nitrogens is 3. The minimum absolute atomic E-state index is 0.0174. The number of thiazole rings is 1. The van der Waals surface area contributed by atoms with Crippen molar-refractivity contribution in [3.63, 3.8) is 0 Å². The molecule has 4 rings (SSSR count). The van der Waals surface area contributed by atoms with Crippen molar-refractivity contribution >= 4 is 33.6 Å². The highest BCUT2D eigenvalue weighted by Gasteiger charge is 2.37. The van der Waals surface area contributed by atoms with E-state index >= 15 is 0 Å². The molecular weight excluding hydrogens is 384 g/mol. The number of likely N-dealkylation sites (tertiary alicyclic amines) is 1. The molecule has 0 spiro atoms. The molecule has 144 valence electrons. The van der Waals surface area contributed by atoms with Crippen LogP contribution in [0.4, 0.5) is 0 Å². The van der Waals surface area contributed by atoms with Crippen LogP contribution in [0.1, 0.15) is 41.4 Å². The van der Waals surface area contributed by atoms with Crippen LogP contribution in [0.2, 0.25) is 0 Å². The number of rotatable bonds is 5. The van der Waals surface area contributed by atoms with Gasteiger partial charge in [-0.05, 0) is 25.3 Å². The van der Waals surface area contributed by atoms with Gasteiger partial charge < -0.3 is 14.7 Å². The molecule has 2 N–H and O–H groups in total. The smallest absolute Gasteiger partial charge is 0.309 e. The summed E-state index contributed by atoms with van der Waals surface area (Å²) in [6, 6.07) is 4.18. The Morgan fingerprint density at radius 3 is 2.89 bits per heavy atom. The number of carbonyl (C=O) groups is 1. The molecule has 0 aromatic carbocycles. The highest BCUT2D eigenvalue weighted by Crippen LogP contribution is 2.36. The second-order valence-corrected chi connectivity index (χ2v) is 8.76. The summed E-state index contributed by atoms with van der Waals surface area (Å²) in [4.78, 5) is 20.6. The second-order valence-electron chi connectivity index (χ2n) is 6.78. The lowest BCUT2D eigenvalue weighted by atomic mass is 9.95. The number of aryl methyl sites for hydroxylation is 1. The maximum Gasteiger partial charge on any atom is 0.309 e. The summed E-state index contributed by atoms with van der Waals surface area (Å²) in [5.74, 6) is 0.727. The largest absolute Gasteiger partial charge is 0.492 e. The van der Waals surface area contributed by atoms with Crippen LogP contribution in [0.3, 0.4) is 0 Å². The maximum absolute atomic E-state index is 12.1. The van der Waals surface area contributed by atoms with Crippen LogP contribution in [0.25, 0.3) is 4.96 Å². The van der Waals surface area contributed by atoms with E-state index in [0.29, 0.717) is 17.4 Å². The summed E-state index contributed by atoms with van der Waals surface area (Å²) < 4.78 is 6.72. The molecule has 3 aromatic rings. The Hall–Kier alpha value is -1.97. The molecule has 1 fully saturated rings. The Balaban J connectivity index is 1.62. The lowest BCUT2D eigenvalue weighted by Gasteiger charge is -2.33. The number of piperidine rings is 1. The molecule has 1 aliphatic heterocycles. The van der Waals surface area contributed by atoms with Gasteiger partial charge in [0.25, 0.3) is 0 Å². The zero-order valence-electron chi connectivity index (χ0n) is 15.3. The Bertz CT molecular complexity index is 926. The number of aromatic hydroxyl groups is 1. The predicted octanol–water partition coefficient (Wildman–Crippen LogP) is 1.81. The fourth-order valence-corrected chi connectivity index (χ4v) is 5.92. The molecule has 27 heavy (non-hydrogen) atoms. The number of thiophene rings is 1. The number of quaternary nitrogens is 1. The molecule has 0 aliphatic carbocycles. The summed E-state index contributed by atoms with van der Waals surface area (Å²) in [7, 11) is 0. The molecule has 0 bridgehead atoms. The van der Waals surface area contributed by atoms with Gasteiger partial charge in [0.15, 0.2) is 6.04 Å². The van der Waals surface area contributed by atoms with Gasteiger partial charge in [-0.15, -0.1) is 16.4 Å². The lowest BCUT2D eigenvalue weighted by molar-refractivity contribution is -0.930. The predicted molar refractivity (Wildman–Crippen MR) is 103 cm³/mol. The van der Waals surface area contributed by atoms with Crippen LogP contribution in [0, 0.1) is 12.8 Å². The van der Waals surface area contributed by atoms with Gasteiger partial charge >= 0.3 is 5.97 Å². The Morgan fingerprint density at radius 2 is 2.26 bits per heavy atom. The minimum atomic E-state index is -0.0821. The Labute approximate surface area is 165 Å².